The maximum atomic E-state index is 12.7. The lowest BCUT2D eigenvalue weighted by atomic mass is 10.1. The number of rotatable bonds is 8. The number of alkyl halides is 2. The molecule has 0 bridgehead atoms. The minimum absolute atomic E-state index is 0.0893. The first-order valence-corrected chi connectivity index (χ1v) is 8.93. The topological polar surface area (TPSA) is 113 Å². The van der Waals surface area contributed by atoms with Crippen LogP contribution < -0.4 is 14.8 Å². The average Bonchev–Trinajstić information content (AvgIpc) is 2.72. The lowest BCUT2D eigenvalue weighted by Crippen LogP contribution is -2.18. The summed E-state index contributed by atoms with van der Waals surface area (Å²) in [6.07, 6.45) is 0. The first-order chi connectivity index (χ1) is 14.7. The van der Waals surface area contributed by atoms with Gasteiger partial charge in [0.2, 0.25) is 0 Å². The first-order valence-electron chi connectivity index (χ1n) is 8.93. The van der Waals surface area contributed by atoms with Gasteiger partial charge in [-0.2, -0.15) is 8.78 Å². The molecule has 0 saturated heterocycles. The van der Waals surface area contributed by atoms with Crippen LogP contribution in [0.15, 0.2) is 24.3 Å². The summed E-state index contributed by atoms with van der Waals surface area (Å²) in [4.78, 5) is 40.7. The number of methoxy groups -OCH3 is 2. The van der Waals surface area contributed by atoms with E-state index in [9.17, 15) is 23.2 Å². The van der Waals surface area contributed by atoms with Crippen LogP contribution in [0.4, 0.5) is 14.5 Å². The van der Waals surface area contributed by atoms with Gasteiger partial charge in [0.25, 0.3) is 5.91 Å². The van der Waals surface area contributed by atoms with Crippen molar-refractivity contribution in [2.24, 2.45) is 0 Å². The molecule has 0 saturated carbocycles. The van der Waals surface area contributed by atoms with Crippen LogP contribution in [0.1, 0.15) is 43.8 Å². The van der Waals surface area contributed by atoms with E-state index in [1.54, 1.807) is 6.92 Å². The third-order valence-corrected chi connectivity index (χ3v) is 3.99. The van der Waals surface area contributed by atoms with Crippen LogP contribution in [0.25, 0.3) is 0 Å². The van der Waals surface area contributed by atoms with E-state index >= 15 is 0 Å². The maximum absolute atomic E-state index is 12.7. The summed E-state index contributed by atoms with van der Waals surface area (Å²) >= 11 is 0. The van der Waals surface area contributed by atoms with E-state index in [2.05, 4.69) is 19.8 Å². The summed E-state index contributed by atoms with van der Waals surface area (Å²) in [5.41, 5.74) is 0.0198. The van der Waals surface area contributed by atoms with E-state index in [0.29, 0.717) is 0 Å². The van der Waals surface area contributed by atoms with Crippen LogP contribution in [-0.4, -0.2) is 50.3 Å². The van der Waals surface area contributed by atoms with Gasteiger partial charge in [-0.25, -0.2) is 14.6 Å². The monoisotopic (exact) mass is 438 g/mol. The van der Waals surface area contributed by atoms with Crippen molar-refractivity contribution in [1.82, 2.24) is 4.98 Å². The second-order valence-corrected chi connectivity index (χ2v) is 5.92. The molecule has 1 N–H and O–H groups in total. The van der Waals surface area contributed by atoms with Gasteiger partial charge in [0.1, 0.15) is 5.69 Å². The summed E-state index contributed by atoms with van der Waals surface area (Å²) in [7, 11) is 2.31. The molecule has 1 aromatic carbocycles. The zero-order chi connectivity index (χ0) is 23.1. The third kappa shape index (κ3) is 5.65. The number of pyridine rings is 1. The van der Waals surface area contributed by atoms with Crippen molar-refractivity contribution in [3.05, 3.63) is 46.8 Å². The molecule has 9 nitrogen and oxygen atoms in total. The Morgan fingerprint density at radius 3 is 2.32 bits per heavy atom. The van der Waals surface area contributed by atoms with Gasteiger partial charge in [-0.15, -0.1) is 0 Å². The number of ether oxygens (including phenoxy) is 4. The Morgan fingerprint density at radius 2 is 1.77 bits per heavy atom. The van der Waals surface area contributed by atoms with Crippen molar-refractivity contribution in [3.63, 3.8) is 0 Å². The second kappa shape index (κ2) is 10.3. The summed E-state index contributed by atoms with van der Waals surface area (Å²) < 4.78 is 44.4. The Balaban J connectivity index is 2.41. The predicted octanol–water partition coefficient (Wildman–Crippen LogP) is 3.22. The normalized spacial score (nSPS) is 10.4. The van der Waals surface area contributed by atoms with Crippen molar-refractivity contribution >= 4 is 23.5 Å². The van der Waals surface area contributed by atoms with Crippen LogP contribution in [0, 0.1) is 6.92 Å². The average molecular weight is 438 g/mol. The van der Waals surface area contributed by atoms with Gasteiger partial charge in [-0.1, -0.05) is 0 Å². The van der Waals surface area contributed by atoms with Gasteiger partial charge >= 0.3 is 18.6 Å². The minimum atomic E-state index is -3.17. The number of nitrogens with zero attached hydrogens (tertiary/aromatic N) is 1. The fourth-order valence-corrected chi connectivity index (χ4v) is 2.59. The Labute approximate surface area is 176 Å². The third-order valence-electron chi connectivity index (χ3n) is 3.99. The number of amides is 1. The van der Waals surface area contributed by atoms with E-state index in [0.717, 1.165) is 19.2 Å². The Morgan fingerprint density at radius 1 is 1.06 bits per heavy atom. The molecule has 11 heteroatoms. The van der Waals surface area contributed by atoms with Crippen LogP contribution in [0.2, 0.25) is 0 Å². The van der Waals surface area contributed by atoms with Gasteiger partial charge in [0.15, 0.2) is 11.5 Å². The van der Waals surface area contributed by atoms with Crippen LogP contribution in [0.5, 0.6) is 11.5 Å². The molecular weight excluding hydrogens is 418 g/mol. The van der Waals surface area contributed by atoms with E-state index in [1.165, 1.54) is 26.2 Å². The molecule has 1 amide bonds. The van der Waals surface area contributed by atoms with Crippen molar-refractivity contribution in [2.75, 3.05) is 26.1 Å². The molecule has 0 radical (unpaired) electrons. The number of hydrogen-bond acceptors (Lipinski definition) is 8. The lowest BCUT2D eigenvalue weighted by Gasteiger charge is -2.15. The number of benzene rings is 1. The summed E-state index contributed by atoms with van der Waals surface area (Å²) in [5.74, 6) is -2.76. The summed E-state index contributed by atoms with van der Waals surface area (Å²) in [6.45, 7) is 0.186. The van der Waals surface area contributed by atoms with Crippen molar-refractivity contribution in [2.45, 2.75) is 20.5 Å². The molecule has 0 aliphatic rings. The van der Waals surface area contributed by atoms with E-state index < -0.39 is 30.2 Å². The number of aromatic nitrogens is 1. The Hall–Kier alpha value is -3.76. The molecule has 2 rings (SSSR count). The van der Waals surface area contributed by atoms with Gasteiger partial charge in [-0.3, -0.25) is 4.79 Å². The molecule has 0 unspecified atom stereocenters. The van der Waals surface area contributed by atoms with Crippen LogP contribution >= 0.6 is 0 Å². The molecule has 166 valence electrons. The highest BCUT2D eigenvalue weighted by Crippen LogP contribution is 2.35. The zero-order valence-electron chi connectivity index (χ0n) is 17.2. The number of nitrogens with one attached hydrogen (secondary N) is 1. The zero-order valence-corrected chi connectivity index (χ0v) is 17.2. The molecule has 1 heterocycles. The van der Waals surface area contributed by atoms with Crippen molar-refractivity contribution < 1.29 is 42.1 Å². The van der Waals surface area contributed by atoms with Crippen molar-refractivity contribution in [1.29, 1.82) is 0 Å². The number of aryl methyl sites for hydroxylation is 1. The number of halogens is 2. The summed E-state index contributed by atoms with van der Waals surface area (Å²) in [5, 5.41) is 2.41. The molecule has 0 fully saturated rings. The number of esters is 2. The number of anilines is 1. The molecule has 0 aliphatic heterocycles. The Bertz CT molecular complexity index is 996. The highest BCUT2D eigenvalue weighted by atomic mass is 19.3. The van der Waals surface area contributed by atoms with Crippen molar-refractivity contribution in [3.8, 4) is 11.5 Å². The molecule has 2 aromatic rings. The smallest absolute Gasteiger partial charge is 0.387 e. The fourth-order valence-electron chi connectivity index (χ4n) is 2.59. The predicted molar refractivity (Wildman–Crippen MR) is 104 cm³/mol. The second-order valence-electron chi connectivity index (χ2n) is 5.92. The highest BCUT2D eigenvalue weighted by Gasteiger charge is 2.22. The van der Waals surface area contributed by atoms with Crippen LogP contribution in [0.3, 0.4) is 0 Å². The summed E-state index contributed by atoms with van der Waals surface area (Å²) in [6, 6.07) is 4.76. The highest BCUT2D eigenvalue weighted by molar-refractivity contribution is 6.08. The van der Waals surface area contributed by atoms with E-state index in [4.69, 9.17) is 9.47 Å². The standard InChI is InChI=1S/C20H20F2N2O7/c1-5-30-19(27)11-6-7-13(23-10(11)2)17(25)24-14-9-16(31-20(21)22)15(28-3)8-12(14)18(26)29-4/h6-9,20H,5H2,1-4H3,(H,24,25). The van der Waals surface area contributed by atoms with Gasteiger partial charge in [0.05, 0.1) is 43.3 Å². The lowest BCUT2D eigenvalue weighted by molar-refractivity contribution is -0.0511. The SMILES string of the molecule is CCOC(=O)c1ccc(C(=O)Nc2cc(OC(F)F)c(OC)cc2C(=O)OC)nc1C. The van der Waals surface area contributed by atoms with E-state index in [1.807, 2.05) is 0 Å². The van der Waals surface area contributed by atoms with Gasteiger partial charge < -0.3 is 24.3 Å². The first kappa shape index (κ1) is 23.5. The maximum Gasteiger partial charge on any atom is 0.387 e. The molecule has 0 aliphatic carbocycles. The number of carbonyl (C=O) groups excluding carboxylic acids is 3. The molecule has 0 spiro atoms. The minimum Gasteiger partial charge on any atom is -0.493 e. The van der Waals surface area contributed by atoms with Gasteiger partial charge in [-0.05, 0) is 26.0 Å². The fraction of sp³-hybridized carbons (Fsp3) is 0.300. The van der Waals surface area contributed by atoms with Crippen LogP contribution in [-0.2, 0) is 9.47 Å². The molecule has 1 aromatic heterocycles. The molecule has 0 atom stereocenters. The largest absolute Gasteiger partial charge is 0.493 e. The Kier molecular flexibility index (Phi) is 7.83. The number of carbonyl (C=O) groups is 3. The molecule has 31 heavy (non-hydrogen) atoms. The number of hydrogen-bond donors (Lipinski definition) is 1. The molecular formula is C20H20F2N2O7. The quantitative estimate of drug-likeness (QED) is 0.625. The van der Waals surface area contributed by atoms with Gasteiger partial charge in [0, 0.05) is 12.1 Å². The van der Waals surface area contributed by atoms with E-state index in [-0.39, 0.29) is 40.6 Å².